The second-order valence-corrected chi connectivity index (χ2v) is 7.75. The second-order valence-electron chi connectivity index (χ2n) is 7.31. The van der Waals surface area contributed by atoms with E-state index in [1.807, 2.05) is 29.2 Å². The summed E-state index contributed by atoms with van der Waals surface area (Å²) in [5.41, 5.74) is 1.83. The predicted molar refractivity (Wildman–Crippen MR) is 110 cm³/mol. The number of carbonyl (C=O) groups is 1. The Balaban J connectivity index is 1.29. The average molecular weight is 428 g/mol. The summed E-state index contributed by atoms with van der Waals surface area (Å²) < 4.78 is 7.03. The van der Waals surface area contributed by atoms with Crippen LogP contribution in [0.25, 0.3) is 0 Å². The van der Waals surface area contributed by atoms with Crippen molar-refractivity contribution in [2.75, 3.05) is 19.7 Å². The number of aromatic nitrogens is 4. The Labute approximate surface area is 179 Å². The van der Waals surface area contributed by atoms with E-state index in [1.165, 1.54) is 16.6 Å². The largest absolute Gasteiger partial charge is 0.491 e. The van der Waals surface area contributed by atoms with Crippen LogP contribution >= 0.6 is 11.6 Å². The molecule has 0 saturated carbocycles. The maximum absolute atomic E-state index is 12.8. The molecular weight excluding hydrogens is 406 g/mol. The molecule has 2 atom stereocenters. The Kier molecular flexibility index (Phi) is 6.25. The van der Waals surface area contributed by atoms with Gasteiger partial charge < -0.3 is 14.7 Å². The Morgan fingerprint density at radius 2 is 1.97 bits per heavy atom. The number of amides is 1. The number of aliphatic hydroxyl groups is 1. The van der Waals surface area contributed by atoms with Gasteiger partial charge in [-0.1, -0.05) is 23.7 Å². The highest BCUT2D eigenvalue weighted by atomic mass is 35.5. The number of likely N-dealkylation sites (tertiary alicyclic amines) is 1. The molecule has 3 aromatic rings. The fourth-order valence-electron chi connectivity index (χ4n) is 3.55. The Hall–Kier alpha value is -2.97. The van der Waals surface area contributed by atoms with Gasteiger partial charge in [-0.2, -0.15) is 0 Å². The van der Waals surface area contributed by atoms with Crippen LogP contribution in [0.3, 0.4) is 0 Å². The minimum absolute atomic E-state index is 0.0109. The third-order valence-electron chi connectivity index (χ3n) is 5.15. The molecule has 9 heteroatoms. The van der Waals surface area contributed by atoms with Gasteiger partial charge in [-0.15, -0.1) is 5.10 Å². The maximum Gasteiger partial charge on any atom is 0.253 e. The lowest BCUT2D eigenvalue weighted by molar-refractivity contribution is 0.0789. The molecule has 0 aliphatic carbocycles. The van der Waals surface area contributed by atoms with Crippen LogP contribution in [-0.2, 0) is 6.54 Å². The van der Waals surface area contributed by atoms with Crippen molar-refractivity contribution < 1.29 is 14.6 Å². The number of benzene rings is 2. The molecule has 8 nitrogen and oxygen atoms in total. The zero-order valence-electron chi connectivity index (χ0n) is 16.3. The van der Waals surface area contributed by atoms with Gasteiger partial charge in [0.1, 0.15) is 24.8 Å². The number of tetrazole rings is 1. The van der Waals surface area contributed by atoms with Gasteiger partial charge in [-0.05, 0) is 58.8 Å². The molecule has 1 saturated heterocycles. The van der Waals surface area contributed by atoms with Gasteiger partial charge in [0.15, 0.2) is 0 Å². The lowest BCUT2D eigenvalue weighted by Gasteiger charge is -2.17. The number of hydrogen-bond donors (Lipinski definition) is 1. The molecule has 1 N–H and O–H groups in total. The molecule has 4 rings (SSSR count). The molecule has 30 heavy (non-hydrogen) atoms. The highest BCUT2D eigenvalue weighted by molar-refractivity contribution is 6.30. The van der Waals surface area contributed by atoms with E-state index < -0.39 is 6.10 Å². The summed E-state index contributed by atoms with van der Waals surface area (Å²) in [5.74, 6) is 0.926. The van der Waals surface area contributed by atoms with E-state index in [4.69, 9.17) is 16.3 Å². The van der Waals surface area contributed by atoms with Crippen LogP contribution in [0.1, 0.15) is 28.3 Å². The first-order chi connectivity index (χ1) is 14.6. The first-order valence-corrected chi connectivity index (χ1v) is 10.1. The SMILES string of the molecule is O=C(c1ccc(OCC(O)Cn2cnnn2)cc1)N1CC[C@H](c2ccc(Cl)cc2)C1. The number of rotatable bonds is 7. The topological polar surface area (TPSA) is 93.4 Å². The van der Waals surface area contributed by atoms with E-state index >= 15 is 0 Å². The molecule has 1 unspecified atom stereocenters. The molecular formula is C21H22ClN5O3. The van der Waals surface area contributed by atoms with Gasteiger partial charge in [0.2, 0.25) is 0 Å². The first-order valence-electron chi connectivity index (χ1n) is 9.75. The fraction of sp³-hybridized carbons (Fsp3) is 0.333. The van der Waals surface area contributed by atoms with E-state index in [2.05, 4.69) is 15.5 Å². The summed E-state index contributed by atoms with van der Waals surface area (Å²) in [6.45, 7) is 1.77. The molecule has 1 aliphatic rings. The first kappa shape index (κ1) is 20.3. The normalized spacial score (nSPS) is 17.1. The number of carbonyl (C=O) groups excluding carboxylic acids is 1. The van der Waals surface area contributed by atoms with Crippen molar-refractivity contribution in [2.45, 2.75) is 25.0 Å². The minimum Gasteiger partial charge on any atom is -0.491 e. The van der Waals surface area contributed by atoms with Gasteiger partial charge in [0.05, 0.1) is 6.54 Å². The average Bonchev–Trinajstić information content (AvgIpc) is 3.45. The molecule has 0 spiro atoms. The fourth-order valence-corrected chi connectivity index (χ4v) is 3.68. The van der Waals surface area contributed by atoms with Crippen LogP contribution in [0, 0.1) is 0 Å². The van der Waals surface area contributed by atoms with E-state index in [9.17, 15) is 9.90 Å². The minimum atomic E-state index is -0.746. The van der Waals surface area contributed by atoms with Gasteiger partial charge in [0.25, 0.3) is 5.91 Å². The van der Waals surface area contributed by atoms with Crippen molar-refractivity contribution in [3.05, 3.63) is 71.0 Å². The van der Waals surface area contributed by atoms with Crippen molar-refractivity contribution in [2.24, 2.45) is 0 Å². The molecule has 1 aromatic heterocycles. The summed E-state index contributed by atoms with van der Waals surface area (Å²) in [5, 5.41) is 21.4. The van der Waals surface area contributed by atoms with Gasteiger partial charge in [-0.3, -0.25) is 4.79 Å². The van der Waals surface area contributed by atoms with Crippen molar-refractivity contribution >= 4 is 17.5 Å². The van der Waals surface area contributed by atoms with Gasteiger partial charge in [0, 0.05) is 29.6 Å². The summed E-state index contributed by atoms with van der Waals surface area (Å²) in [6.07, 6.45) is 1.62. The van der Waals surface area contributed by atoms with Crippen molar-refractivity contribution in [3.8, 4) is 5.75 Å². The molecule has 0 bridgehead atoms. The summed E-state index contributed by atoms with van der Waals surface area (Å²) in [6, 6.07) is 14.8. The predicted octanol–water partition coefficient (Wildman–Crippen LogP) is 2.40. The third-order valence-corrected chi connectivity index (χ3v) is 5.40. The van der Waals surface area contributed by atoms with E-state index in [0.717, 1.165) is 18.0 Å². The Morgan fingerprint density at radius 1 is 1.20 bits per heavy atom. The Bertz CT molecular complexity index is 963. The molecule has 2 heterocycles. The highest BCUT2D eigenvalue weighted by Crippen LogP contribution is 2.29. The second kappa shape index (κ2) is 9.23. The van der Waals surface area contributed by atoms with Crippen LogP contribution in [0.2, 0.25) is 5.02 Å². The van der Waals surface area contributed by atoms with Crippen molar-refractivity contribution in [1.29, 1.82) is 0 Å². The number of ether oxygens (including phenoxy) is 1. The summed E-state index contributed by atoms with van der Waals surface area (Å²) >= 11 is 5.96. The third kappa shape index (κ3) is 4.95. The lowest BCUT2D eigenvalue weighted by Crippen LogP contribution is -2.28. The van der Waals surface area contributed by atoms with Crippen LogP contribution in [0.4, 0.5) is 0 Å². The highest BCUT2D eigenvalue weighted by Gasteiger charge is 2.28. The summed E-state index contributed by atoms with van der Waals surface area (Å²) in [4.78, 5) is 14.7. The number of nitrogens with zero attached hydrogens (tertiary/aromatic N) is 5. The molecule has 1 amide bonds. The van der Waals surface area contributed by atoms with Crippen molar-refractivity contribution in [3.63, 3.8) is 0 Å². The maximum atomic E-state index is 12.8. The van der Waals surface area contributed by atoms with Gasteiger partial charge in [-0.25, -0.2) is 4.68 Å². The molecule has 0 radical (unpaired) electrons. The van der Waals surface area contributed by atoms with E-state index in [0.29, 0.717) is 23.8 Å². The molecule has 1 aliphatic heterocycles. The quantitative estimate of drug-likeness (QED) is 0.622. The lowest BCUT2D eigenvalue weighted by atomic mass is 9.99. The standard InChI is InChI=1S/C21H22ClN5O3/c22-18-5-1-15(2-6-18)17-9-10-26(11-17)21(29)16-3-7-20(8-4-16)30-13-19(28)12-27-14-23-24-25-27/h1-8,14,17,19,28H,9-13H2/t17-,19?/m0/s1. The van der Waals surface area contributed by atoms with Gasteiger partial charge >= 0.3 is 0 Å². The van der Waals surface area contributed by atoms with Crippen LogP contribution in [0.5, 0.6) is 5.75 Å². The van der Waals surface area contributed by atoms with E-state index in [-0.39, 0.29) is 19.1 Å². The zero-order valence-corrected chi connectivity index (χ0v) is 17.0. The monoisotopic (exact) mass is 427 g/mol. The van der Waals surface area contributed by atoms with Crippen LogP contribution in [-0.4, -0.2) is 61.9 Å². The number of hydrogen-bond acceptors (Lipinski definition) is 6. The zero-order chi connectivity index (χ0) is 20.9. The molecule has 156 valence electrons. The van der Waals surface area contributed by atoms with Crippen molar-refractivity contribution in [1.82, 2.24) is 25.1 Å². The molecule has 1 fully saturated rings. The smallest absolute Gasteiger partial charge is 0.253 e. The van der Waals surface area contributed by atoms with E-state index in [1.54, 1.807) is 24.3 Å². The number of aliphatic hydroxyl groups excluding tert-OH is 1. The van der Waals surface area contributed by atoms with Crippen LogP contribution < -0.4 is 4.74 Å². The Morgan fingerprint density at radius 3 is 2.67 bits per heavy atom. The van der Waals surface area contributed by atoms with Crippen LogP contribution in [0.15, 0.2) is 54.9 Å². The number of halogens is 1. The molecule has 2 aromatic carbocycles. The summed E-state index contributed by atoms with van der Waals surface area (Å²) in [7, 11) is 0.